The lowest BCUT2D eigenvalue weighted by molar-refractivity contribution is -0.122. The van der Waals surface area contributed by atoms with Crippen LogP contribution in [0.1, 0.15) is 18.9 Å². The van der Waals surface area contributed by atoms with Crippen LogP contribution in [-0.4, -0.2) is 40.0 Å². The molecule has 1 fully saturated rings. The van der Waals surface area contributed by atoms with Crippen molar-refractivity contribution in [2.75, 3.05) is 19.8 Å². The van der Waals surface area contributed by atoms with Crippen LogP contribution in [0.15, 0.2) is 29.2 Å². The van der Waals surface area contributed by atoms with Crippen molar-refractivity contribution in [1.29, 1.82) is 0 Å². The number of thiocarbonyl (C=S) groups is 1. The molecule has 0 unspecified atom stereocenters. The highest BCUT2D eigenvalue weighted by Gasteiger charge is 2.31. The molecule has 1 aromatic carbocycles. The van der Waals surface area contributed by atoms with Gasteiger partial charge in [0.15, 0.2) is 0 Å². The van der Waals surface area contributed by atoms with E-state index in [0.717, 1.165) is 17.7 Å². The van der Waals surface area contributed by atoms with Crippen molar-refractivity contribution in [3.63, 3.8) is 0 Å². The second kappa shape index (κ2) is 7.59. The summed E-state index contributed by atoms with van der Waals surface area (Å²) in [5, 5.41) is 8.94. The number of aliphatic hydroxyl groups is 1. The summed E-state index contributed by atoms with van der Waals surface area (Å²) >= 11 is 6.40. The van der Waals surface area contributed by atoms with Crippen molar-refractivity contribution in [3.05, 3.63) is 34.7 Å². The molecule has 1 heterocycles. The second-order valence-electron chi connectivity index (χ2n) is 4.47. The third-order valence-electron chi connectivity index (χ3n) is 2.85. The first-order valence-corrected chi connectivity index (χ1v) is 7.97. The van der Waals surface area contributed by atoms with Gasteiger partial charge in [0.25, 0.3) is 5.91 Å². The number of hydrogen-bond donors (Lipinski definition) is 1. The average Bonchev–Trinajstić information content (AvgIpc) is 2.75. The summed E-state index contributed by atoms with van der Waals surface area (Å²) in [7, 11) is 0. The lowest BCUT2D eigenvalue weighted by Crippen LogP contribution is -2.30. The summed E-state index contributed by atoms with van der Waals surface area (Å²) in [6.07, 6.45) is 2.77. The van der Waals surface area contributed by atoms with Crippen LogP contribution in [0.4, 0.5) is 0 Å². The molecule has 0 saturated carbocycles. The molecule has 1 aliphatic heterocycles. The number of rotatable bonds is 6. The van der Waals surface area contributed by atoms with Crippen LogP contribution in [0.2, 0.25) is 0 Å². The Morgan fingerprint density at radius 3 is 2.71 bits per heavy atom. The first kappa shape index (κ1) is 16.0. The van der Waals surface area contributed by atoms with E-state index in [4.69, 9.17) is 22.1 Å². The minimum atomic E-state index is -0.148. The number of hydrogen-bond acceptors (Lipinski definition) is 5. The predicted octanol–water partition coefficient (Wildman–Crippen LogP) is 2.67. The maximum Gasteiger partial charge on any atom is 0.266 e. The highest BCUT2D eigenvalue weighted by Crippen LogP contribution is 2.32. The molecular weight excluding hydrogens is 306 g/mol. The summed E-state index contributed by atoms with van der Waals surface area (Å²) in [6.45, 7) is 2.90. The van der Waals surface area contributed by atoms with E-state index in [1.54, 1.807) is 6.08 Å². The number of benzene rings is 1. The maximum absolute atomic E-state index is 12.1. The fourth-order valence-electron chi connectivity index (χ4n) is 1.82. The Hall–Kier alpha value is -1.37. The minimum Gasteiger partial charge on any atom is -0.494 e. The van der Waals surface area contributed by atoms with E-state index >= 15 is 0 Å². The molecule has 112 valence electrons. The topological polar surface area (TPSA) is 49.8 Å². The number of thioether (sulfide) groups is 1. The predicted molar refractivity (Wildman–Crippen MR) is 89.2 cm³/mol. The van der Waals surface area contributed by atoms with Crippen LogP contribution in [0.5, 0.6) is 5.75 Å². The average molecular weight is 323 g/mol. The zero-order chi connectivity index (χ0) is 15.2. The van der Waals surface area contributed by atoms with E-state index in [9.17, 15) is 4.79 Å². The molecule has 1 N–H and O–H groups in total. The third-order valence-corrected chi connectivity index (χ3v) is 4.23. The van der Waals surface area contributed by atoms with Gasteiger partial charge < -0.3 is 9.84 Å². The van der Waals surface area contributed by atoms with Crippen molar-refractivity contribution in [2.45, 2.75) is 13.3 Å². The van der Waals surface area contributed by atoms with E-state index < -0.39 is 0 Å². The molecule has 2 rings (SSSR count). The standard InChI is InChI=1S/C15H17NO3S2/c1-2-9-19-12-5-3-11(4-6-12)10-13-14(18)16(7-8-17)15(20)21-13/h3-6,10,17H,2,7-9H2,1H3/b13-10-. The lowest BCUT2D eigenvalue weighted by Gasteiger charge is -2.11. The van der Waals surface area contributed by atoms with Crippen LogP contribution >= 0.6 is 24.0 Å². The summed E-state index contributed by atoms with van der Waals surface area (Å²) in [6, 6.07) is 7.58. The molecule has 1 aromatic rings. The van der Waals surface area contributed by atoms with Crippen LogP contribution in [0.25, 0.3) is 6.08 Å². The number of ether oxygens (including phenoxy) is 1. The fourth-order valence-corrected chi connectivity index (χ4v) is 3.13. The Balaban J connectivity index is 2.09. The van der Waals surface area contributed by atoms with Crippen LogP contribution in [-0.2, 0) is 4.79 Å². The number of carbonyl (C=O) groups excluding carboxylic acids is 1. The van der Waals surface area contributed by atoms with E-state index in [1.165, 1.54) is 16.7 Å². The van der Waals surface area contributed by atoms with Gasteiger partial charge in [-0.15, -0.1) is 0 Å². The van der Waals surface area contributed by atoms with Crippen molar-refractivity contribution >= 4 is 40.3 Å². The molecule has 0 aliphatic carbocycles. The molecular formula is C15H17NO3S2. The molecule has 1 saturated heterocycles. The maximum atomic E-state index is 12.1. The Labute approximate surface area is 133 Å². The molecule has 1 aliphatic rings. The molecule has 0 radical (unpaired) electrons. The molecule has 0 atom stereocenters. The van der Waals surface area contributed by atoms with Crippen LogP contribution < -0.4 is 4.74 Å². The second-order valence-corrected chi connectivity index (χ2v) is 6.15. The van der Waals surface area contributed by atoms with E-state index in [2.05, 4.69) is 6.92 Å². The van der Waals surface area contributed by atoms with E-state index in [1.807, 2.05) is 24.3 Å². The smallest absolute Gasteiger partial charge is 0.266 e. The highest BCUT2D eigenvalue weighted by atomic mass is 32.2. The zero-order valence-electron chi connectivity index (χ0n) is 11.7. The monoisotopic (exact) mass is 323 g/mol. The molecule has 1 amide bonds. The van der Waals surface area contributed by atoms with Gasteiger partial charge in [0.1, 0.15) is 10.1 Å². The Morgan fingerprint density at radius 2 is 2.10 bits per heavy atom. The van der Waals surface area contributed by atoms with E-state index in [-0.39, 0.29) is 19.1 Å². The number of nitrogens with zero attached hydrogens (tertiary/aromatic N) is 1. The number of aliphatic hydroxyl groups excluding tert-OH is 1. The van der Waals surface area contributed by atoms with Gasteiger partial charge in [0.05, 0.1) is 24.7 Å². The van der Waals surface area contributed by atoms with Gasteiger partial charge in [-0.2, -0.15) is 0 Å². The zero-order valence-corrected chi connectivity index (χ0v) is 13.4. The van der Waals surface area contributed by atoms with Gasteiger partial charge in [-0.3, -0.25) is 9.69 Å². The third kappa shape index (κ3) is 4.06. The molecule has 4 nitrogen and oxygen atoms in total. The Kier molecular flexibility index (Phi) is 5.78. The van der Waals surface area contributed by atoms with E-state index in [0.29, 0.717) is 15.8 Å². The van der Waals surface area contributed by atoms with Crippen LogP contribution in [0, 0.1) is 0 Å². The van der Waals surface area contributed by atoms with Crippen molar-refractivity contribution in [2.24, 2.45) is 0 Å². The highest BCUT2D eigenvalue weighted by molar-refractivity contribution is 8.26. The summed E-state index contributed by atoms with van der Waals surface area (Å²) in [4.78, 5) is 14.1. The molecule has 21 heavy (non-hydrogen) atoms. The van der Waals surface area contributed by atoms with Gasteiger partial charge in [0.2, 0.25) is 0 Å². The quantitative estimate of drug-likeness (QED) is 0.644. The Bertz CT molecular complexity index is 555. The summed E-state index contributed by atoms with van der Waals surface area (Å²) in [5.41, 5.74) is 0.920. The lowest BCUT2D eigenvalue weighted by atomic mass is 10.2. The number of amides is 1. The molecule has 6 heteroatoms. The molecule has 0 aromatic heterocycles. The summed E-state index contributed by atoms with van der Waals surface area (Å²) < 4.78 is 6.01. The summed E-state index contributed by atoms with van der Waals surface area (Å²) in [5.74, 6) is 0.673. The van der Waals surface area contributed by atoms with Crippen molar-refractivity contribution in [1.82, 2.24) is 4.90 Å². The largest absolute Gasteiger partial charge is 0.494 e. The van der Waals surface area contributed by atoms with Gasteiger partial charge in [-0.25, -0.2) is 0 Å². The molecule has 0 bridgehead atoms. The van der Waals surface area contributed by atoms with Crippen molar-refractivity contribution in [3.8, 4) is 5.75 Å². The Morgan fingerprint density at radius 1 is 1.38 bits per heavy atom. The fraction of sp³-hybridized carbons (Fsp3) is 0.333. The number of β-amino-alcohol motifs (C(OH)–C–C–N with tert-alkyl or cyclic N) is 1. The van der Waals surface area contributed by atoms with Gasteiger partial charge in [0, 0.05) is 0 Å². The first-order chi connectivity index (χ1) is 10.2. The number of carbonyl (C=O) groups is 1. The SMILES string of the molecule is CCCOc1ccc(/C=C2\SC(=S)N(CCO)C2=O)cc1. The normalized spacial score (nSPS) is 16.9. The first-order valence-electron chi connectivity index (χ1n) is 6.74. The van der Waals surface area contributed by atoms with Crippen LogP contribution in [0.3, 0.4) is 0 Å². The van der Waals surface area contributed by atoms with Gasteiger partial charge in [-0.05, 0) is 30.2 Å². The minimum absolute atomic E-state index is 0.0941. The van der Waals surface area contributed by atoms with Gasteiger partial charge in [-0.1, -0.05) is 43.0 Å². The van der Waals surface area contributed by atoms with Crippen molar-refractivity contribution < 1.29 is 14.6 Å². The molecule has 0 spiro atoms. The van der Waals surface area contributed by atoms with Gasteiger partial charge >= 0.3 is 0 Å².